The van der Waals surface area contributed by atoms with Gasteiger partial charge in [0.05, 0.1) is 18.6 Å². The van der Waals surface area contributed by atoms with Gasteiger partial charge in [-0.3, -0.25) is 0 Å². The lowest BCUT2D eigenvalue weighted by atomic mass is 9.66. The highest BCUT2D eigenvalue weighted by atomic mass is 16.5. The number of aliphatic hydroxyl groups is 2. The first kappa shape index (κ1) is 51.1. The van der Waals surface area contributed by atoms with Crippen molar-refractivity contribution < 1.29 is 19.7 Å². The Balaban J connectivity index is 1.08. The largest absolute Gasteiger partial charge is 0.491 e. The van der Waals surface area contributed by atoms with Crippen molar-refractivity contribution in [1.29, 1.82) is 0 Å². The van der Waals surface area contributed by atoms with Crippen LogP contribution in [-0.4, -0.2) is 36.6 Å². The number of rotatable bonds is 16. The summed E-state index contributed by atoms with van der Waals surface area (Å²) in [6.07, 6.45) is 0. The maximum Gasteiger partial charge on any atom is 0.123 e. The smallest absolute Gasteiger partial charge is 0.123 e. The van der Waals surface area contributed by atoms with E-state index in [-0.39, 0.29) is 38.3 Å². The average Bonchev–Trinajstić information content (AvgIpc) is 4.10. The lowest BCUT2D eigenvalue weighted by molar-refractivity contribution is 0.200. The van der Waals surface area contributed by atoms with Crippen molar-refractivity contribution in [3.05, 3.63) is 311 Å². The summed E-state index contributed by atoms with van der Waals surface area (Å²) in [4.78, 5) is 0. The van der Waals surface area contributed by atoms with Crippen molar-refractivity contribution in [3.8, 4) is 67.1 Å². The van der Waals surface area contributed by atoms with E-state index < -0.39 is 5.41 Å². The zero-order valence-electron chi connectivity index (χ0n) is 45.6. The van der Waals surface area contributed by atoms with Gasteiger partial charge >= 0.3 is 0 Å². The fourth-order valence-corrected chi connectivity index (χ4v) is 12.8. The number of hydrogen-bond donors (Lipinski definition) is 2. The summed E-state index contributed by atoms with van der Waals surface area (Å²) in [6, 6.07) is 97.6. The predicted octanol–water partition coefficient (Wildman–Crippen LogP) is 18.1. The Labute approximate surface area is 474 Å². The van der Waals surface area contributed by atoms with Gasteiger partial charge in [-0.1, -0.05) is 232 Å². The van der Waals surface area contributed by atoms with Crippen LogP contribution in [0, 0.1) is 0 Å². The number of benzene rings is 12. The maximum absolute atomic E-state index is 9.92. The third kappa shape index (κ3) is 9.36. The summed E-state index contributed by atoms with van der Waals surface area (Å²) in [6.45, 7) is 4.73. The molecule has 12 aromatic carbocycles. The second kappa shape index (κ2) is 22.1. The molecule has 0 saturated heterocycles. The SMILES string of the molecule is CC(c1ccccc1)c1cc(-c2cccc(C3(c4cccc(-c5ccc(OCCO)c(C(C)c6ccccc6)c5)c4)c4cc(-c5cccc6ccccc56)ccc4-c4ccc(-c5cccc6ccccc56)cc43)c2)ccc1OCCO. The summed E-state index contributed by atoms with van der Waals surface area (Å²) in [5.74, 6) is 1.58. The molecule has 0 spiro atoms. The first-order chi connectivity index (χ1) is 39.9. The fraction of sp³-hybridized carbons (Fsp3) is 0.117. The van der Waals surface area contributed by atoms with E-state index in [9.17, 15) is 10.2 Å². The molecule has 0 saturated carbocycles. The van der Waals surface area contributed by atoms with Crippen LogP contribution in [0.2, 0.25) is 0 Å². The van der Waals surface area contributed by atoms with Gasteiger partial charge in [0.25, 0.3) is 0 Å². The molecule has 2 unspecified atom stereocenters. The van der Waals surface area contributed by atoms with E-state index in [2.05, 4.69) is 281 Å². The summed E-state index contributed by atoms with van der Waals surface area (Å²) in [7, 11) is 0. The van der Waals surface area contributed by atoms with Crippen LogP contribution in [0.5, 0.6) is 11.5 Å². The molecule has 0 heterocycles. The summed E-state index contributed by atoms with van der Waals surface area (Å²) < 4.78 is 12.5. The van der Waals surface area contributed by atoms with Crippen LogP contribution < -0.4 is 9.47 Å². The first-order valence-electron chi connectivity index (χ1n) is 28.2. The molecule has 4 heteroatoms. The van der Waals surface area contributed by atoms with Crippen LogP contribution in [0.15, 0.2) is 267 Å². The van der Waals surface area contributed by atoms with Gasteiger partial charge in [-0.15, -0.1) is 0 Å². The molecule has 0 amide bonds. The summed E-state index contributed by atoms with van der Waals surface area (Å²) in [5.41, 5.74) is 19.8. The second-order valence-electron chi connectivity index (χ2n) is 21.4. The van der Waals surface area contributed by atoms with E-state index >= 15 is 0 Å². The van der Waals surface area contributed by atoms with Crippen LogP contribution in [0.1, 0.15) is 70.2 Å². The van der Waals surface area contributed by atoms with Gasteiger partial charge < -0.3 is 19.7 Å². The van der Waals surface area contributed by atoms with E-state index in [1.807, 2.05) is 0 Å². The predicted molar refractivity (Wildman–Crippen MR) is 334 cm³/mol. The summed E-state index contributed by atoms with van der Waals surface area (Å²) >= 11 is 0. The van der Waals surface area contributed by atoms with Crippen molar-refractivity contribution in [3.63, 3.8) is 0 Å². The highest BCUT2D eigenvalue weighted by Crippen LogP contribution is 2.59. The number of fused-ring (bicyclic) bond motifs is 5. The minimum absolute atomic E-state index is 0.0252. The lowest BCUT2D eigenvalue weighted by Gasteiger charge is -2.35. The Morgan fingerprint density at radius 1 is 0.333 bits per heavy atom. The van der Waals surface area contributed by atoms with Crippen molar-refractivity contribution >= 4 is 21.5 Å². The number of ether oxygens (including phenoxy) is 2. The molecular weight excluding hydrogens is 989 g/mol. The standard InChI is InChI=1S/C77H62O4/c1-51(53-17-5-3-6-18-53)71-47-59(35-39-75(71)80-43-41-78)57-25-13-27-63(45-57)77(64-28-14-26-58(46-64)60-36-40-76(81-44-42-79)72(48-60)52(2)54-19-7-4-8-20-54)73-49-61(67-31-15-23-55-21-9-11-29-65(55)67)33-37-69(73)70-38-34-62(50-74(70)77)68-32-16-24-56-22-10-12-30-66(56)68/h3-40,45-52,78-79H,41-44H2,1-2H3. The lowest BCUT2D eigenvalue weighted by Crippen LogP contribution is -2.29. The molecule has 0 fully saturated rings. The van der Waals surface area contributed by atoms with Gasteiger partial charge in [0.2, 0.25) is 0 Å². The highest BCUT2D eigenvalue weighted by Gasteiger charge is 2.47. The Hall–Kier alpha value is -9.32. The Kier molecular flexibility index (Phi) is 13.9. The molecule has 13 rings (SSSR count). The van der Waals surface area contributed by atoms with Gasteiger partial charge in [0.15, 0.2) is 0 Å². The van der Waals surface area contributed by atoms with Crippen molar-refractivity contribution in [2.24, 2.45) is 0 Å². The zero-order valence-corrected chi connectivity index (χ0v) is 45.6. The van der Waals surface area contributed by atoms with Crippen LogP contribution >= 0.6 is 0 Å². The monoisotopic (exact) mass is 1050 g/mol. The highest BCUT2D eigenvalue weighted by molar-refractivity contribution is 6.00. The van der Waals surface area contributed by atoms with Gasteiger partial charge in [-0.2, -0.15) is 0 Å². The third-order valence-electron chi connectivity index (χ3n) is 16.8. The van der Waals surface area contributed by atoms with Gasteiger partial charge in [-0.25, -0.2) is 0 Å². The molecule has 81 heavy (non-hydrogen) atoms. The molecule has 0 aromatic heterocycles. The molecule has 0 bridgehead atoms. The molecule has 394 valence electrons. The Morgan fingerprint density at radius 3 is 1.16 bits per heavy atom. The number of aliphatic hydroxyl groups excluding tert-OH is 2. The maximum atomic E-state index is 9.92. The van der Waals surface area contributed by atoms with E-state index in [1.165, 1.54) is 66.1 Å². The molecule has 2 atom stereocenters. The first-order valence-corrected chi connectivity index (χ1v) is 28.2. The molecule has 1 aliphatic rings. The minimum atomic E-state index is -0.841. The van der Waals surface area contributed by atoms with E-state index in [4.69, 9.17) is 9.47 Å². The van der Waals surface area contributed by atoms with Crippen LogP contribution in [-0.2, 0) is 5.41 Å². The van der Waals surface area contributed by atoms with Gasteiger partial charge in [0, 0.05) is 23.0 Å². The van der Waals surface area contributed by atoms with Crippen LogP contribution in [0.4, 0.5) is 0 Å². The molecule has 12 aromatic rings. The normalized spacial score (nSPS) is 13.1. The summed E-state index contributed by atoms with van der Waals surface area (Å²) in [5, 5.41) is 24.7. The van der Waals surface area contributed by atoms with Crippen molar-refractivity contribution in [2.45, 2.75) is 31.1 Å². The van der Waals surface area contributed by atoms with Gasteiger partial charge in [0.1, 0.15) is 24.7 Å². The van der Waals surface area contributed by atoms with Gasteiger partial charge in [-0.05, 0) is 159 Å². The molecule has 1 aliphatic carbocycles. The topological polar surface area (TPSA) is 58.9 Å². The van der Waals surface area contributed by atoms with Crippen LogP contribution in [0.3, 0.4) is 0 Å². The Morgan fingerprint density at radius 2 is 0.716 bits per heavy atom. The average molecular weight is 1050 g/mol. The molecule has 0 aliphatic heterocycles. The van der Waals surface area contributed by atoms with Crippen molar-refractivity contribution in [2.75, 3.05) is 26.4 Å². The Bertz CT molecular complexity index is 3970. The molecule has 4 nitrogen and oxygen atoms in total. The minimum Gasteiger partial charge on any atom is -0.491 e. The quantitative estimate of drug-likeness (QED) is 0.101. The van der Waals surface area contributed by atoms with E-state index in [0.717, 1.165) is 67.1 Å². The third-order valence-corrected chi connectivity index (χ3v) is 16.8. The van der Waals surface area contributed by atoms with E-state index in [0.29, 0.717) is 0 Å². The van der Waals surface area contributed by atoms with E-state index in [1.54, 1.807) is 0 Å². The number of hydrogen-bond acceptors (Lipinski definition) is 4. The zero-order chi connectivity index (χ0) is 54.9. The van der Waals surface area contributed by atoms with Crippen LogP contribution in [0.25, 0.3) is 77.2 Å². The fourth-order valence-electron chi connectivity index (χ4n) is 12.8. The molecule has 2 N–H and O–H groups in total. The molecule has 0 radical (unpaired) electrons. The molecular formula is C77H62O4. The second-order valence-corrected chi connectivity index (χ2v) is 21.4. The van der Waals surface area contributed by atoms with Crippen molar-refractivity contribution in [1.82, 2.24) is 0 Å².